The maximum atomic E-state index is 13.4. The SMILES string of the molecule is CCNCCNS(=O)(=O)c1cc(C)c(F)cc1F. The van der Waals surface area contributed by atoms with Gasteiger partial charge in [0.05, 0.1) is 0 Å². The minimum absolute atomic E-state index is 0.0865. The first-order valence-electron chi connectivity index (χ1n) is 5.54. The molecule has 0 radical (unpaired) electrons. The molecule has 0 aliphatic rings. The second-order valence-corrected chi connectivity index (χ2v) is 5.52. The quantitative estimate of drug-likeness (QED) is 0.768. The predicted molar refractivity (Wildman–Crippen MR) is 64.8 cm³/mol. The van der Waals surface area contributed by atoms with Gasteiger partial charge in [0, 0.05) is 19.2 Å². The molecule has 4 nitrogen and oxygen atoms in total. The van der Waals surface area contributed by atoms with E-state index in [0.29, 0.717) is 19.2 Å². The third-order valence-electron chi connectivity index (χ3n) is 2.35. The summed E-state index contributed by atoms with van der Waals surface area (Å²) in [4.78, 5) is -0.530. The fourth-order valence-electron chi connectivity index (χ4n) is 1.36. The zero-order valence-electron chi connectivity index (χ0n) is 10.3. The van der Waals surface area contributed by atoms with Crippen molar-refractivity contribution in [3.8, 4) is 0 Å². The standard InChI is InChI=1S/C11H16F2N2O2S/c1-3-14-4-5-15-18(16,17)11-6-8(2)9(12)7-10(11)13/h6-7,14-15H,3-5H2,1-2H3. The van der Waals surface area contributed by atoms with Gasteiger partial charge >= 0.3 is 0 Å². The lowest BCUT2D eigenvalue weighted by molar-refractivity contribution is 0.539. The molecule has 1 aromatic rings. The molecule has 0 unspecified atom stereocenters. The Morgan fingerprint density at radius 2 is 1.83 bits per heavy atom. The van der Waals surface area contributed by atoms with Crippen LogP contribution in [-0.2, 0) is 10.0 Å². The monoisotopic (exact) mass is 278 g/mol. The third kappa shape index (κ3) is 3.72. The van der Waals surface area contributed by atoms with E-state index in [9.17, 15) is 17.2 Å². The van der Waals surface area contributed by atoms with Crippen molar-refractivity contribution in [3.63, 3.8) is 0 Å². The third-order valence-corrected chi connectivity index (χ3v) is 3.82. The van der Waals surface area contributed by atoms with Gasteiger partial charge in [-0.15, -0.1) is 0 Å². The summed E-state index contributed by atoms with van der Waals surface area (Å²) < 4.78 is 52.3. The number of benzene rings is 1. The van der Waals surface area contributed by atoms with Crippen molar-refractivity contribution in [2.24, 2.45) is 0 Å². The highest BCUT2D eigenvalue weighted by Crippen LogP contribution is 2.18. The van der Waals surface area contributed by atoms with Gasteiger partial charge in [0.1, 0.15) is 16.5 Å². The van der Waals surface area contributed by atoms with Gasteiger partial charge in [-0.3, -0.25) is 0 Å². The Labute approximate surface area is 105 Å². The number of halogens is 2. The molecule has 0 bridgehead atoms. The van der Waals surface area contributed by atoms with Gasteiger partial charge in [0.25, 0.3) is 0 Å². The van der Waals surface area contributed by atoms with Crippen LogP contribution in [0.5, 0.6) is 0 Å². The van der Waals surface area contributed by atoms with Crippen molar-refractivity contribution in [1.29, 1.82) is 0 Å². The Hall–Kier alpha value is -1.05. The Bertz CT molecular complexity index is 518. The smallest absolute Gasteiger partial charge is 0.243 e. The van der Waals surface area contributed by atoms with Gasteiger partial charge in [-0.2, -0.15) is 0 Å². The van der Waals surface area contributed by atoms with Crippen molar-refractivity contribution < 1.29 is 17.2 Å². The summed E-state index contributed by atoms with van der Waals surface area (Å²) in [5.41, 5.74) is 0.0865. The van der Waals surface area contributed by atoms with E-state index < -0.39 is 26.6 Å². The fourth-order valence-corrected chi connectivity index (χ4v) is 2.54. The largest absolute Gasteiger partial charge is 0.316 e. The van der Waals surface area contributed by atoms with Crippen LogP contribution in [0.2, 0.25) is 0 Å². The van der Waals surface area contributed by atoms with Crippen LogP contribution in [0.3, 0.4) is 0 Å². The van der Waals surface area contributed by atoms with E-state index in [-0.39, 0.29) is 12.1 Å². The number of likely N-dealkylation sites (N-methyl/N-ethyl adjacent to an activating group) is 1. The average molecular weight is 278 g/mol. The van der Waals surface area contributed by atoms with Crippen LogP contribution in [0.25, 0.3) is 0 Å². The van der Waals surface area contributed by atoms with Gasteiger partial charge in [-0.05, 0) is 25.1 Å². The van der Waals surface area contributed by atoms with Gasteiger partial charge in [0.2, 0.25) is 10.0 Å². The molecular formula is C11H16F2N2O2S. The lowest BCUT2D eigenvalue weighted by Gasteiger charge is -2.09. The molecular weight excluding hydrogens is 262 g/mol. The molecule has 1 aromatic carbocycles. The molecule has 0 fully saturated rings. The highest BCUT2D eigenvalue weighted by atomic mass is 32.2. The van der Waals surface area contributed by atoms with Crippen molar-refractivity contribution >= 4 is 10.0 Å². The molecule has 0 saturated carbocycles. The molecule has 0 spiro atoms. The molecule has 0 saturated heterocycles. The summed E-state index contributed by atoms with van der Waals surface area (Å²) in [5, 5.41) is 2.93. The molecule has 0 atom stereocenters. The second kappa shape index (κ2) is 6.21. The molecule has 7 heteroatoms. The Morgan fingerprint density at radius 1 is 1.17 bits per heavy atom. The number of nitrogens with one attached hydrogen (secondary N) is 2. The zero-order chi connectivity index (χ0) is 13.8. The predicted octanol–water partition coefficient (Wildman–Crippen LogP) is 1.16. The van der Waals surface area contributed by atoms with Gasteiger partial charge < -0.3 is 5.32 Å². The zero-order valence-corrected chi connectivity index (χ0v) is 11.1. The Kier molecular flexibility index (Phi) is 5.18. The average Bonchev–Trinajstić information content (AvgIpc) is 2.29. The fraction of sp³-hybridized carbons (Fsp3) is 0.455. The first-order valence-corrected chi connectivity index (χ1v) is 7.03. The van der Waals surface area contributed by atoms with Crippen LogP contribution >= 0.6 is 0 Å². The maximum absolute atomic E-state index is 13.4. The normalized spacial score (nSPS) is 11.8. The van der Waals surface area contributed by atoms with Gasteiger partial charge in [-0.1, -0.05) is 6.92 Å². The number of aryl methyl sites for hydroxylation is 1. The Balaban J connectivity index is 2.88. The van der Waals surface area contributed by atoms with Crippen LogP contribution < -0.4 is 10.0 Å². The van der Waals surface area contributed by atoms with E-state index in [0.717, 1.165) is 6.07 Å². The molecule has 2 N–H and O–H groups in total. The number of hydrogen-bond donors (Lipinski definition) is 2. The summed E-state index contributed by atoms with van der Waals surface area (Å²) >= 11 is 0. The van der Waals surface area contributed by atoms with Crippen LogP contribution in [0.15, 0.2) is 17.0 Å². The molecule has 1 rings (SSSR count). The minimum atomic E-state index is -3.94. The van der Waals surface area contributed by atoms with E-state index in [2.05, 4.69) is 10.0 Å². The van der Waals surface area contributed by atoms with Crippen molar-refractivity contribution in [2.75, 3.05) is 19.6 Å². The highest BCUT2D eigenvalue weighted by Gasteiger charge is 2.20. The second-order valence-electron chi connectivity index (χ2n) is 3.78. The molecule has 0 aliphatic heterocycles. The molecule has 0 aliphatic carbocycles. The summed E-state index contributed by atoms with van der Waals surface area (Å²) in [6.45, 7) is 4.57. The van der Waals surface area contributed by atoms with E-state index in [1.54, 1.807) is 0 Å². The highest BCUT2D eigenvalue weighted by molar-refractivity contribution is 7.89. The summed E-state index contributed by atoms with van der Waals surface area (Å²) in [7, 11) is -3.94. The van der Waals surface area contributed by atoms with Crippen molar-refractivity contribution in [2.45, 2.75) is 18.7 Å². The van der Waals surface area contributed by atoms with Crippen LogP contribution in [0, 0.1) is 18.6 Å². The first kappa shape index (κ1) is 15.0. The summed E-state index contributed by atoms with van der Waals surface area (Å²) in [6, 6.07) is 1.56. The van der Waals surface area contributed by atoms with E-state index in [4.69, 9.17) is 0 Å². The summed E-state index contributed by atoms with van der Waals surface area (Å²) in [6.07, 6.45) is 0. The molecule has 0 heterocycles. The molecule has 18 heavy (non-hydrogen) atoms. The van der Waals surface area contributed by atoms with Crippen molar-refractivity contribution in [1.82, 2.24) is 10.0 Å². The topological polar surface area (TPSA) is 58.2 Å². The molecule has 0 amide bonds. The van der Waals surface area contributed by atoms with Crippen LogP contribution in [-0.4, -0.2) is 28.1 Å². The minimum Gasteiger partial charge on any atom is -0.316 e. The van der Waals surface area contributed by atoms with Crippen LogP contribution in [0.4, 0.5) is 8.78 Å². The number of hydrogen-bond acceptors (Lipinski definition) is 3. The van der Waals surface area contributed by atoms with E-state index in [1.807, 2.05) is 6.92 Å². The van der Waals surface area contributed by atoms with E-state index >= 15 is 0 Å². The number of sulfonamides is 1. The molecule has 102 valence electrons. The number of rotatable bonds is 6. The lowest BCUT2D eigenvalue weighted by Crippen LogP contribution is -2.32. The first-order chi connectivity index (χ1) is 8.38. The van der Waals surface area contributed by atoms with Crippen molar-refractivity contribution in [3.05, 3.63) is 29.3 Å². The van der Waals surface area contributed by atoms with Gasteiger partial charge in [-0.25, -0.2) is 21.9 Å². The van der Waals surface area contributed by atoms with Crippen LogP contribution in [0.1, 0.15) is 12.5 Å². The summed E-state index contributed by atoms with van der Waals surface area (Å²) in [5.74, 6) is -1.85. The maximum Gasteiger partial charge on any atom is 0.243 e. The molecule has 0 aromatic heterocycles. The van der Waals surface area contributed by atoms with Gasteiger partial charge in [0.15, 0.2) is 0 Å². The Morgan fingerprint density at radius 3 is 2.44 bits per heavy atom. The lowest BCUT2D eigenvalue weighted by atomic mass is 10.2. The van der Waals surface area contributed by atoms with E-state index in [1.165, 1.54) is 6.92 Å².